The molecule has 0 saturated carbocycles. The second kappa shape index (κ2) is 8.00. The summed E-state index contributed by atoms with van der Waals surface area (Å²) >= 11 is 11.8. The fraction of sp³-hybridized carbons (Fsp3) is 0. The van der Waals surface area contributed by atoms with Gasteiger partial charge in [-0.2, -0.15) is 0 Å². The fourth-order valence-electron chi connectivity index (χ4n) is 2.28. The Bertz CT molecular complexity index is 1070. The normalized spacial score (nSPS) is 11.0. The van der Waals surface area contributed by atoms with Crippen molar-refractivity contribution in [2.24, 2.45) is 0 Å². The molecule has 8 heteroatoms. The highest BCUT2D eigenvalue weighted by Crippen LogP contribution is 2.30. The summed E-state index contributed by atoms with van der Waals surface area (Å²) in [6, 6.07) is 18.4. The second-order valence-electron chi connectivity index (χ2n) is 5.43. The maximum Gasteiger partial charge on any atom is 0.417 e. The fourth-order valence-corrected chi connectivity index (χ4v) is 4.30. The molecule has 0 heterocycles. The van der Waals surface area contributed by atoms with E-state index in [1.807, 2.05) is 0 Å². The third kappa shape index (κ3) is 4.60. The minimum atomic E-state index is -3.81. The number of carbonyl (C=O) groups is 1. The standard InChI is InChI=1S/C19H13Cl2NO4S/c20-13-6-11-18(17(21)12-13)27(24,25)16-9-7-14(8-10-16)22-19(23)26-15-4-2-1-3-5-15/h1-12H,(H,22,23). The maximum absolute atomic E-state index is 12.7. The van der Waals surface area contributed by atoms with Gasteiger partial charge in [-0.25, -0.2) is 13.2 Å². The third-order valence-corrected chi connectivity index (χ3v) is 6.04. The SMILES string of the molecule is O=C(Nc1ccc(S(=O)(=O)c2ccc(Cl)cc2Cl)cc1)Oc1ccccc1. The van der Waals surface area contributed by atoms with Crippen LogP contribution in [0.15, 0.2) is 82.6 Å². The number of hydrogen-bond acceptors (Lipinski definition) is 4. The number of benzene rings is 3. The molecule has 138 valence electrons. The zero-order valence-corrected chi connectivity index (χ0v) is 16.1. The summed E-state index contributed by atoms with van der Waals surface area (Å²) in [5.41, 5.74) is 0.386. The molecule has 0 aliphatic heterocycles. The molecule has 27 heavy (non-hydrogen) atoms. The van der Waals surface area contributed by atoms with Crippen LogP contribution in [0.5, 0.6) is 5.75 Å². The van der Waals surface area contributed by atoms with Crippen LogP contribution >= 0.6 is 23.2 Å². The lowest BCUT2D eigenvalue weighted by atomic mass is 10.3. The van der Waals surface area contributed by atoms with Gasteiger partial charge in [-0.05, 0) is 54.6 Å². The molecule has 5 nitrogen and oxygen atoms in total. The van der Waals surface area contributed by atoms with Crippen LogP contribution in [0.1, 0.15) is 0 Å². The number of nitrogens with one attached hydrogen (secondary N) is 1. The summed E-state index contributed by atoms with van der Waals surface area (Å²) in [5.74, 6) is 0.395. The minimum Gasteiger partial charge on any atom is -0.410 e. The van der Waals surface area contributed by atoms with E-state index >= 15 is 0 Å². The minimum absolute atomic E-state index is 0.0358. The van der Waals surface area contributed by atoms with Crippen molar-refractivity contribution in [2.75, 3.05) is 5.32 Å². The van der Waals surface area contributed by atoms with Crippen molar-refractivity contribution in [3.8, 4) is 5.75 Å². The molecule has 0 aliphatic rings. The number of anilines is 1. The third-order valence-electron chi connectivity index (χ3n) is 3.55. The van der Waals surface area contributed by atoms with Crippen LogP contribution in [0.25, 0.3) is 0 Å². The molecule has 0 spiro atoms. The van der Waals surface area contributed by atoms with E-state index in [0.29, 0.717) is 16.5 Å². The van der Waals surface area contributed by atoms with Crippen molar-refractivity contribution < 1.29 is 17.9 Å². The Kier molecular flexibility index (Phi) is 5.70. The van der Waals surface area contributed by atoms with E-state index in [-0.39, 0.29) is 14.8 Å². The Morgan fingerprint density at radius 3 is 2.19 bits per heavy atom. The Morgan fingerprint density at radius 1 is 0.889 bits per heavy atom. The van der Waals surface area contributed by atoms with Gasteiger partial charge in [0.25, 0.3) is 0 Å². The van der Waals surface area contributed by atoms with Crippen molar-refractivity contribution >= 4 is 44.8 Å². The molecule has 1 amide bonds. The van der Waals surface area contributed by atoms with Crippen LogP contribution < -0.4 is 10.1 Å². The van der Waals surface area contributed by atoms with Crippen LogP contribution in [-0.4, -0.2) is 14.5 Å². The zero-order chi connectivity index (χ0) is 19.4. The lowest BCUT2D eigenvalue weighted by Gasteiger charge is -2.09. The van der Waals surface area contributed by atoms with Gasteiger partial charge in [0.1, 0.15) is 5.75 Å². The van der Waals surface area contributed by atoms with Crippen molar-refractivity contribution in [3.63, 3.8) is 0 Å². The van der Waals surface area contributed by atoms with Crippen LogP contribution in [-0.2, 0) is 9.84 Å². The van der Waals surface area contributed by atoms with Crippen LogP contribution in [0.3, 0.4) is 0 Å². The number of ether oxygens (including phenoxy) is 1. The first kappa shape index (κ1) is 19.2. The molecular formula is C19H13Cl2NO4S. The summed E-state index contributed by atoms with van der Waals surface area (Å²) < 4.78 is 30.5. The van der Waals surface area contributed by atoms with Crippen LogP contribution in [0, 0.1) is 0 Å². The number of amides is 1. The second-order valence-corrected chi connectivity index (χ2v) is 8.19. The predicted octanol–water partition coefficient (Wildman–Crippen LogP) is 5.44. The number of halogens is 2. The molecule has 0 bridgehead atoms. The van der Waals surface area contributed by atoms with Crippen molar-refractivity contribution in [3.05, 3.63) is 82.8 Å². The van der Waals surface area contributed by atoms with Gasteiger partial charge in [-0.1, -0.05) is 41.4 Å². The number of hydrogen-bond donors (Lipinski definition) is 1. The summed E-state index contributed by atoms with van der Waals surface area (Å²) in [5, 5.41) is 2.91. The molecule has 3 rings (SSSR count). The molecule has 0 atom stereocenters. The van der Waals surface area contributed by atoms with E-state index in [1.165, 1.54) is 42.5 Å². The monoisotopic (exact) mass is 421 g/mol. The topological polar surface area (TPSA) is 72.5 Å². The highest BCUT2D eigenvalue weighted by molar-refractivity contribution is 7.91. The Morgan fingerprint density at radius 2 is 1.56 bits per heavy atom. The van der Waals surface area contributed by atoms with E-state index in [9.17, 15) is 13.2 Å². The highest BCUT2D eigenvalue weighted by Gasteiger charge is 2.21. The van der Waals surface area contributed by atoms with Gasteiger partial charge < -0.3 is 4.74 Å². The smallest absolute Gasteiger partial charge is 0.410 e. The van der Waals surface area contributed by atoms with E-state index in [0.717, 1.165) is 0 Å². The van der Waals surface area contributed by atoms with E-state index in [4.69, 9.17) is 27.9 Å². The summed E-state index contributed by atoms with van der Waals surface area (Å²) in [6.07, 6.45) is -0.683. The molecule has 1 N–H and O–H groups in total. The molecule has 0 unspecified atom stereocenters. The predicted molar refractivity (Wildman–Crippen MR) is 104 cm³/mol. The summed E-state index contributed by atoms with van der Waals surface area (Å²) in [7, 11) is -3.81. The molecule has 0 fully saturated rings. The molecule has 3 aromatic carbocycles. The molecule has 3 aromatic rings. The summed E-state index contributed by atoms with van der Waals surface area (Å²) in [4.78, 5) is 11.9. The van der Waals surface area contributed by atoms with Gasteiger partial charge in [-0.15, -0.1) is 0 Å². The largest absolute Gasteiger partial charge is 0.417 e. The molecule has 0 aromatic heterocycles. The molecule has 0 aliphatic carbocycles. The van der Waals surface area contributed by atoms with Crippen LogP contribution in [0.2, 0.25) is 10.0 Å². The van der Waals surface area contributed by atoms with Gasteiger partial charge in [0.05, 0.1) is 14.8 Å². The maximum atomic E-state index is 12.7. The Hall–Kier alpha value is -2.54. The van der Waals surface area contributed by atoms with E-state index in [2.05, 4.69) is 5.32 Å². The quantitative estimate of drug-likeness (QED) is 0.608. The number of carbonyl (C=O) groups excluding carboxylic acids is 1. The van der Waals surface area contributed by atoms with Crippen molar-refractivity contribution in [1.29, 1.82) is 0 Å². The summed E-state index contributed by atoms with van der Waals surface area (Å²) in [6.45, 7) is 0. The Labute approximate surface area is 166 Å². The number of rotatable bonds is 4. The molecular weight excluding hydrogens is 409 g/mol. The Balaban J connectivity index is 1.75. The van der Waals surface area contributed by atoms with Gasteiger partial charge in [0.15, 0.2) is 0 Å². The number of sulfone groups is 1. The van der Waals surface area contributed by atoms with E-state index < -0.39 is 15.9 Å². The first-order chi connectivity index (χ1) is 12.9. The average Bonchev–Trinajstić information content (AvgIpc) is 2.62. The lowest BCUT2D eigenvalue weighted by Crippen LogP contribution is -2.16. The zero-order valence-electron chi connectivity index (χ0n) is 13.7. The number of para-hydroxylation sites is 1. The first-order valence-electron chi connectivity index (χ1n) is 7.70. The van der Waals surface area contributed by atoms with Gasteiger partial charge in [0, 0.05) is 10.7 Å². The highest BCUT2D eigenvalue weighted by atomic mass is 35.5. The van der Waals surface area contributed by atoms with Gasteiger partial charge in [0.2, 0.25) is 9.84 Å². The van der Waals surface area contributed by atoms with Crippen molar-refractivity contribution in [1.82, 2.24) is 0 Å². The lowest BCUT2D eigenvalue weighted by molar-refractivity contribution is 0.215. The first-order valence-corrected chi connectivity index (χ1v) is 9.94. The van der Waals surface area contributed by atoms with E-state index in [1.54, 1.807) is 30.3 Å². The van der Waals surface area contributed by atoms with Gasteiger partial charge >= 0.3 is 6.09 Å². The van der Waals surface area contributed by atoms with Crippen LogP contribution in [0.4, 0.5) is 10.5 Å². The van der Waals surface area contributed by atoms with Gasteiger partial charge in [-0.3, -0.25) is 5.32 Å². The molecule has 0 saturated heterocycles. The van der Waals surface area contributed by atoms with Crippen molar-refractivity contribution in [2.45, 2.75) is 9.79 Å². The average molecular weight is 422 g/mol. The molecule has 0 radical (unpaired) electrons.